The van der Waals surface area contributed by atoms with Crippen LogP contribution in [0.1, 0.15) is 40.9 Å². The predicted octanol–water partition coefficient (Wildman–Crippen LogP) is 4.18. The second-order valence-electron chi connectivity index (χ2n) is 8.19. The molecular formula is C23H21F3N2O4. The van der Waals surface area contributed by atoms with Gasteiger partial charge in [-0.15, -0.1) is 0 Å². The molecule has 1 atom stereocenters. The molecule has 2 aromatic carbocycles. The van der Waals surface area contributed by atoms with Crippen molar-refractivity contribution in [1.29, 1.82) is 5.26 Å². The van der Waals surface area contributed by atoms with E-state index in [4.69, 9.17) is 14.7 Å². The molecule has 0 radical (unpaired) electrons. The molecule has 1 aliphatic heterocycles. The molecule has 1 saturated heterocycles. The van der Waals surface area contributed by atoms with E-state index in [9.17, 15) is 22.8 Å². The molecule has 1 fully saturated rings. The molecule has 168 valence electrons. The third-order valence-electron chi connectivity index (χ3n) is 5.24. The number of alkyl halides is 3. The van der Waals surface area contributed by atoms with Gasteiger partial charge in [-0.3, -0.25) is 4.79 Å². The third-order valence-corrected chi connectivity index (χ3v) is 5.24. The van der Waals surface area contributed by atoms with Crippen LogP contribution in [-0.2, 0) is 22.3 Å². The first-order valence-electron chi connectivity index (χ1n) is 9.70. The van der Waals surface area contributed by atoms with Crippen molar-refractivity contribution in [3.63, 3.8) is 0 Å². The van der Waals surface area contributed by atoms with Crippen LogP contribution in [0.15, 0.2) is 42.5 Å². The highest BCUT2D eigenvalue weighted by Gasteiger charge is 2.48. The molecule has 0 aliphatic carbocycles. The number of esters is 1. The number of likely N-dealkylation sites (tertiary alicyclic amines) is 1. The minimum Gasteiger partial charge on any atom is -0.480 e. The predicted molar refractivity (Wildman–Crippen MR) is 108 cm³/mol. The van der Waals surface area contributed by atoms with Gasteiger partial charge >= 0.3 is 12.1 Å². The molecule has 2 aromatic rings. The lowest BCUT2D eigenvalue weighted by Gasteiger charge is -2.24. The SMILES string of the molecule is COC(=O)c1cccc(CN2CC(C)(C)C(Oc3ccc(C#N)c(C(F)(F)F)c3)C2=O)c1. The minimum atomic E-state index is -4.73. The summed E-state index contributed by atoms with van der Waals surface area (Å²) in [4.78, 5) is 26.3. The highest BCUT2D eigenvalue weighted by Crippen LogP contribution is 2.38. The summed E-state index contributed by atoms with van der Waals surface area (Å²) in [5.74, 6) is -1.02. The Kier molecular flexibility index (Phi) is 6.17. The Hall–Kier alpha value is -3.54. The maximum absolute atomic E-state index is 13.3. The van der Waals surface area contributed by atoms with Crippen molar-refractivity contribution >= 4 is 11.9 Å². The van der Waals surface area contributed by atoms with Crippen LogP contribution in [0.3, 0.4) is 0 Å². The Labute approximate surface area is 183 Å². The molecule has 0 bridgehead atoms. The van der Waals surface area contributed by atoms with Crippen LogP contribution in [0.4, 0.5) is 13.2 Å². The molecule has 0 aromatic heterocycles. The number of hydrogen-bond donors (Lipinski definition) is 0. The molecule has 1 heterocycles. The maximum atomic E-state index is 13.3. The lowest BCUT2D eigenvalue weighted by atomic mass is 9.89. The fraction of sp³-hybridized carbons (Fsp3) is 0.348. The first kappa shape index (κ1) is 23.1. The summed E-state index contributed by atoms with van der Waals surface area (Å²) in [6, 6.07) is 11.2. The number of methoxy groups -OCH3 is 1. The summed E-state index contributed by atoms with van der Waals surface area (Å²) >= 11 is 0. The minimum absolute atomic E-state index is 0.141. The number of carbonyl (C=O) groups excluding carboxylic acids is 2. The van der Waals surface area contributed by atoms with E-state index < -0.39 is 34.8 Å². The van der Waals surface area contributed by atoms with E-state index >= 15 is 0 Å². The molecule has 0 saturated carbocycles. The van der Waals surface area contributed by atoms with Gasteiger partial charge in [0.2, 0.25) is 0 Å². The van der Waals surface area contributed by atoms with Crippen molar-refractivity contribution in [2.24, 2.45) is 5.41 Å². The van der Waals surface area contributed by atoms with Gasteiger partial charge in [-0.25, -0.2) is 4.79 Å². The zero-order chi connectivity index (χ0) is 23.7. The van der Waals surface area contributed by atoms with Crippen molar-refractivity contribution in [3.8, 4) is 11.8 Å². The van der Waals surface area contributed by atoms with E-state index in [1.807, 2.05) is 0 Å². The van der Waals surface area contributed by atoms with Crippen LogP contribution in [0.5, 0.6) is 5.75 Å². The number of nitrogens with zero attached hydrogens (tertiary/aromatic N) is 2. The lowest BCUT2D eigenvalue weighted by molar-refractivity contribution is -0.138. The average Bonchev–Trinajstić information content (AvgIpc) is 2.95. The van der Waals surface area contributed by atoms with Gasteiger partial charge in [0.1, 0.15) is 5.75 Å². The van der Waals surface area contributed by atoms with E-state index in [1.165, 1.54) is 24.1 Å². The van der Waals surface area contributed by atoms with Crippen molar-refractivity contribution in [2.45, 2.75) is 32.7 Å². The quantitative estimate of drug-likeness (QED) is 0.644. The Balaban J connectivity index is 1.82. The smallest absolute Gasteiger partial charge is 0.417 e. The first-order chi connectivity index (χ1) is 15.0. The molecule has 1 amide bonds. The molecule has 6 nitrogen and oxygen atoms in total. The van der Waals surface area contributed by atoms with Crippen molar-refractivity contribution < 1.29 is 32.2 Å². The van der Waals surface area contributed by atoms with Gasteiger partial charge in [-0.2, -0.15) is 18.4 Å². The van der Waals surface area contributed by atoms with Gasteiger partial charge < -0.3 is 14.4 Å². The second-order valence-corrected chi connectivity index (χ2v) is 8.19. The van der Waals surface area contributed by atoms with Gasteiger partial charge in [-0.1, -0.05) is 26.0 Å². The highest BCUT2D eigenvalue weighted by atomic mass is 19.4. The number of benzene rings is 2. The largest absolute Gasteiger partial charge is 0.480 e. The summed E-state index contributed by atoms with van der Waals surface area (Å²) in [6.07, 6.45) is -5.74. The van der Waals surface area contributed by atoms with E-state index in [1.54, 1.807) is 38.1 Å². The molecule has 0 N–H and O–H groups in total. The summed E-state index contributed by atoms with van der Waals surface area (Å²) in [7, 11) is 1.27. The van der Waals surface area contributed by atoms with E-state index in [0.717, 1.165) is 12.1 Å². The Morgan fingerprint density at radius 2 is 1.97 bits per heavy atom. The zero-order valence-electron chi connectivity index (χ0n) is 17.7. The number of hydrogen-bond acceptors (Lipinski definition) is 5. The van der Waals surface area contributed by atoms with Gasteiger partial charge in [0, 0.05) is 18.5 Å². The Bertz CT molecular complexity index is 1090. The Morgan fingerprint density at radius 3 is 2.59 bits per heavy atom. The Morgan fingerprint density at radius 1 is 1.25 bits per heavy atom. The lowest BCUT2D eigenvalue weighted by Crippen LogP contribution is -2.36. The average molecular weight is 446 g/mol. The monoisotopic (exact) mass is 446 g/mol. The first-order valence-corrected chi connectivity index (χ1v) is 9.70. The number of halogens is 3. The van der Waals surface area contributed by atoms with Crippen LogP contribution in [0, 0.1) is 16.7 Å². The van der Waals surface area contributed by atoms with E-state index in [2.05, 4.69) is 0 Å². The van der Waals surface area contributed by atoms with E-state index in [-0.39, 0.29) is 18.2 Å². The highest BCUT2D eigenvalue weighted by molar-refractivity contribution is 5.89. The number of rotatable bonds is 5. The van der Waals surface area contributed by atoms with Crippen LogP contribution in [0.25, 0.3) is 0 Å². The van der Waals surface area contributed by atoms with Crippen molar-refractivity contribution in [2.75, 3.05) is 13.7 Å². The summed E-state index contributed by atoms with van der Waals surface area (Å²) in [6.45, 7) is 4.08. The fourth-order valence-corrected chi connectivity index (χ4v) is 3.70. The summed E-state index contributed by atoms with van der Waals surface area (Å²) in [5.41, 5.74) is -1.27. The molecule has 9 heteroatoms. The molecular weight excluding hydrogens is 425 g/mol. The van der Waals surface area contributed by atoms with Gasteiger partial charge in [0.15, 0.2) is 6.10 Å². The van der Waals surface area contributed by atoms with Gasteiger partial charge in [0.25, 0.3) is 5.91 Å². The fourth-order valence-electron chi connectivity index (χ4n) is 3.70. The topological polar surface area (TPSA) is 79.6 Å². The van der Waals surface area contributed by atoms with Gasteiger partial charge in [0.05, 0.1) is 29.9 Å². The van der Waals surface area contributed by atoms with Crippen molar-refractivity contribution in [3.05, 3.63) is 64.7 Å². The molecule has 1 unspecified atom stereocenters. The second kappa shape index (κ2) is 8.54. The molecule has 0 spiro atoms. The van der Waals surface area contributed by atoms with Crippen LogP contribution in [0.2, 0.25) is 0 Å². The van der Waals surface area contributed by atoms with E-state index in [0.29, 0.717) is 17.7 Å². The number of amides is 1. The van der Waals surface area contributed by atoms with Crippen LogP contribution in [-0.4, -0.2) is 36.5 Å². The maximum Gasteiger partial charge on any atom is 0.417 e. The number of carbonyl (C=O) groups is 2. The number of ether oxygens (including phenoxy) is 2. The number of nitriles is 1. The summed E-state index contributed by atoms with van der Waals surface area (Å²) < 4.78 is 50.2. The molecule has 32 heavy (non-hydrogen) atoms. The standard InChI is InChI=1S/C23H21F3N2O4/c1-22(2)13-28(12-14-5-4-6-15(9-14)21(30)31-3)20(29)19(22)32-17-8-7-16(11-27)18(10-17)23(24,25)26/h4-10,19H,12-13H2,1-3H3. The molecule has 3 rings (SSSR count). The third kappa shape index (κ3) is 4.69. The van der Waals surface area contributed by atoms with Gasteiger partial charge in [-0.05, 0) is 35.9 Å². The summed E-state index contributed by atoms with van der Waals surface area (Å²) in [5, 5.41) is 8.95. The molecule has 1 aliphatic rings. The zero-order valence-corrected chi connectivity index (χ0v) is 17.7. The van der Waals surface area contributed by atoms with Crippen LogP contribution < -0.4 is 4.74 Å². The normalized spacial score (nSPS) is 17.7. The van der Waals surface area contributed by atoms with Crippen molar-refractivity contribution in [1.82, 2.24) is 4.90 Å². The van der Waals surface area contributed by atoms with Crippen LogP contribution >= 0.6 is 0 Å².